The van der Waals surface area contributed by atoms with Gasteiger partial charge in [-0.15, -0.1) is 11.3 Å². The standard InChI is InChI=1S/C22H24F3N3O2S/c1-3-28-17-7-5-4-6-16(17)27-21(28)15-10-14(15)11-19(29)26-13(2)18-8-9-20(31-18)30-12-22(23,24)25/h4-9,13-15H,3,10-12H2,1-2H3,(H,26,29)/t13-,14+,15-/m1/s1. The zero-order valence-corrected chi connectivity index (χ0v) is 18.1. The maximum atomic E-state index is 12.5. The fraction of sp³-hybridized carbons (Fsp3) is 0.455. The highest BCUT2D eigenvalue weighted by atomic mass is 32.1. The first-order valence-electron chi connectivity index (χ1n) is 10.3. The molecule has 0 radical (unpaired) electrons. The van der Waals surface area contributed by atoms with Crippen molar-refractivity contribution >= 4 is 28.3 Å². The lowest BCUT2D eigenvalue weighted by molar-refractivity contribution is -0.152. The van der Waals surface area contributed by atoms with Gasteiger partial charge < -0.3 is 14.6 Å². The Labute approximate surface area is 182 Å². The van der Waals surface area contributed by atoms with Gasteiger partial charge in [0.1, 0.15) is 5.82 Å². The summed E-state index contributed by atoms with van der Waals surface area (Å²) in [7, 11) is 0. The second kappa shape index (κ2) is 8.53. The van der Waals surface area contributed by atoms with E-state index in [0.29, 0.717) is 6.42 Å². The topological polar surface area (TPSA) is 56.2 Å². The van der Waals surface area contributed by atoms with Crippen LogP contribution in [0.1, 0.15) is 49.4 Å². The molecule has 166 valence electrons. The molecular formula is C22H24F3N3O2S. The number of carbonyl (C=O) groups is 1. The summed E-state index contributed by atoms with van der Waals surface area (Å²) in [4.78, 5) is 18.1. The maximum absolute atomic E-state index is 12.5. The lowest BCUT2D eigenvalue weighted by Gasteiger charge is -2.12. The summed E-state index contributed by atoms with van der Waals surface area (Å²) in [5.41, 5.74) is 2.09. The van der Waals surface area contributed by atoms with E-state index in [1.165, 1.54) is 6.07 Å². The Morgan fingerprint density at radius 2 is 2.10 bits per heavy atom. The van der Waals surface area contributed by atoms with Gasteiger partial charge >= 0.3 is 6.18 Å². The highest BCUT2D eigenvalue weighted by Gasteiger charge is 2.43. The Bertz CT molecular complexity index is 1080. The summed E-state index contributed by atoms with van der Waals surface area (Å²) < 4.78 is 43.8. The first kappa shape index (κ1) is 21.7. The third-order valence-electron chi connectivity index (χ3n) is 5.49. The van der Waals surface area contributed by atoms with E-state index in [0.717, 1.165) is 46.0 Å². The van der Waals surface area contributed by atoms with E-state index in [4.69, 9.17) is 9.72 Å². The van der Waals surface area contributed by atoms with Gasteiger partial charge in [0.2, 0.25) is 5.91 Å². The van der Waals surface area contributed by atoms with Crippen molar-refractivity contribution in [3.63, 3.8) is 0 Å². The summed E-state index contributed by atoms with van der Waals surface area (Å²) in [5, 5.41) is 3.14. The second-order valence-electron chi connectivity index (χ2n) is 7.86. The number of alkyl halides is 3. The van der Waals surface area contributed by atoms with Crippen molar-refractivity contribution in [3.8, 4) is 5.06 Å². The van der Waals surface area contributed by atoms with Crippen LogP contribution < -0.4 is 10.1 Å². The van der Waals surface area contributed by atoms with Crippen LogP contribution in [-0.2, 0) is 11.3 Å². The molecule has 5 nitrogen and oxygen atoms in total. The van der Waals surface area contributed by atoms with E-state index in [1.54, 1.807) is 6.07 Å². The number of benzene rings is 1. The van der Waals surface area contributed by atoms with Gasteiger partial charge in [-0.05, 0) is 50.5 Å². The number of thiophene rings is 1. The van der Waals surface area contributed by atoms with Gasteiger partial charge in [0.15, 0.2) is 11.7 Å². The number of para-hydroxylation sites is 2. The third-order valence-corrected chi connectivity index (χ3v) is 6.67. The van der Waals surface area contributed by atoms with Gasteiger partial charge in [0, 0.05) is 23.8 Å². The number of halogens is 3. The van der Waals surface area contributed by atoms with E-state index < -0.39 is 12.8 Å². The van der Waals surface area contributed by atoms with E-state index in [2.05, 4.69) is 22.9 Å². The fourth-order valence-corrected chi connectivity index (χ4v) is 4.76. The second-order valence-corrected chi connectivity index (χ2v) is 8.94. The van der Waals surface area contributed by atoms with Crippen molar-refractivity contribution in [2.24, 2.45) is 5.92 Å². The number of aromatic nitrogens is 2. The molecule has 4 rings (SSSR count). The molecule has 0 bridgehead atoms. The number of ether oxygens (including phenoxy) is 1. The number of hydrogen-bond acceptors (Lipinski definition) is 4. The maximum Gasteiger partial charge on any atom is 0.422 e. The average molecular weight is 452 g/mol. The van der Waals surface area contributed by atoms with E-state index in [1.807, 2.05) is 25.1 Å². The number of nitrogens with zero attached hydrogens (tertiary/aromatic N) is 2. The van der Waals surface area contributed by atoms with Crippen molar-refractivity contribution in [3.05, 3.63) is 47.1 Å². The predicted molar refractivity (Wildman–Crippen MR) is 113 cm³/mol. The molecule has 1 saturated carbocycles. The summed E-state index contributed by atoms with van der Waals surface area (Å²) in [6.45, 7) is 3.42. The molecule has 9 heteroatoms. The van der Waals surface area contributed by atoms with Gasteiger partial charge in [0.25, 0.3) is 0 Å². The molecule has 0 spiro atoms. The molecule has 1 fully saturated rings. The molecular weight excluding hydrogens is 427 g/mol. The number of carbonyl (C=O) groups excluding carboxylic acids is 1. The molecule has 2 heterocycles. The lowest BCUT2D eigenvalue weighted by Crippen LogP contribution is -2.26. The molecule has 0 aliphatic heterocycles. The smallest absolute Gasteiger partial charge is 0.422 e. The van der Waals surface area contributed by atoms with Crippen LogP contribution in [0, 0.1) is 5.92 Å². The summed E-state index contributed by atoms with van der Waals surface area (Å²) in [6.07, 6.45) is -3.03. The zero-order valence-electron chi connectivity index (χ0n) is 17.3. The number of rotatable bonds is 8. The van der Waals surface area contributed by atoms with Crippen molar-refractivity contribution in [2.75, 3.05) is 6.61 Å². The molecule has 2 aromatic heterocycles. The highest BCUT2D eigenvalue weighted by Crippen LogP contribution is 2.49. The largest absolute Gasteiger partial charge is 0.475 e. The number of amides is 1. The number of hydrogen-bond donors (Lipinski definition) is 1. The van der Waals surface area contributed by atoms with E-state index >= 15 is 0 Å². The Hall–Kier alpha value is -2.55. The van der Waals surface area contributed by atoms with Crippen LogP contribution in [0.4, 0.5) is 13.2 Å². The van der Waals surface area contributed by atoms with Crippen LogP contribution in [0.25, 0.3) is 11.0 Å². The molecule has 3 aromatic rings. The molecule has 1 aliphatic rings. The van der Waals surface area contributed by atoms with Crippen LogP contribution in [0.5, 0.6) is 5.06 Å². The minimum Gasteiger partial charge on any atom is -0.475 e. The number of aryl methyl sites for hydroxylation is 1. The van der Waals surface area contributed by atoms with Gasteiger partial charge in [-0.25, -0.2) is 4.98 Å². The van der Waals surface area contributed by atoms with Gasteiger partial charge in [-0.1, -0.05) is 12.1 Å². The van der Waals surface area contributed by atoms with Gasteiger partial charge in [-0.2, -0.15) is 13.2 Å². The van der Waals surface area contributed by atoms with E-state index in [-0.39, 0.29) is 28.8 Å². The SMILES string of the molecule is CCn1c([C@@H]2C[C@H]2CC(=O)N[C@H](C)c2ccc(OCC(F)(F)F)s2)nc2ccccc21. The highest BCUT2D eigenvalue weighted by molar-refractivity contribution is 7.13. The van der Waals surface area contributed by atoms with E-state index in [9.17, 15) is 18.0 Å². The quantitative estimate of drug-likeness (QED) is 0.497. The first-order valence-corrected chi connectivity index (χ1v) is 11.1. The lowest BCUT2D eigenvalue weighted by atomic mass is 10.2. The van der Waals surface area contributed by atoms with Crippen molar-refractivity contribution in [2.45, 2.75) is 51.4 Å². The fourth-order valence-electron chi connectivity index (χ4n) is 3.91. The van der Waals surface area contributed by atoms with Crippen LogP contribution in [0.3, 0.4) is 0 Å². The van der Waals surface area contributed by atoms with Crippen LogP contribution in [0.15, 0.2) is 36.4 Å². The van der Waals surface area contributed by atoms with Crippen LogP contribution >= 0.6 is 11.3 Å². The summed E-state index contributed by atoms with van der Waals surface area (Å²) in [6, 6.07) is 10.9. The van der Waals surface area contributed by atoms with Gasteiger partial charge in [0.05, 0.1) is 17.1 Å². The van der Waals surface area contributed by atoms with Crippen molar-refractivity contribution in [1.82, 2.24) is 14.9 Å². The van der Waals surface area contributed by atoms with Crippen molar-refractivity contribution < 1.29 is 22.7 Å². The molecule has 0 saturated heterocycles. The molecule has 0 unspecified atom stereocenters. The molecule has 3 atom stereocenters. The molecule has 1 N–H and O–H groups in total. The first-order chi connectivity index (χ1) is 14.7. The number of nitrogens with one attached hydrogen (secondary N) is 1. The Morgan fingerprint density at radius 3 is 2.84 bits per heavy atom. The third kappa shape index (κ3) is 5.03. The Balaban J connectivity index is 1.32. The molecule has 1 aliphatic carbocycles. The minimum absolute atomic E-state index is 0.0645. The number of fused-ring (bicyclic) bond motifs is 1. The summed E-state index contributed by atoms with van der Waals surface area (Å²) >= 11 is 1.11. The normalized spacial score (nSPS) is 19.4. The van der Waals surface area contributed by atoms with Gasteiger partial charge in [-0.3, -0.25) is 4.79 Å². The Kier molecular flexibility index (Phi) is 5.96. The monoisotopic (exact) mass is 451 g/mol. The predicted octanol–water partition coefficient (Wildman–Crippen LogP) is 5.43. The molecule has 1 amide bonds. The Morgan fingerprint density at radius 1 is 1.32 bits per heavy atom. The van der Waals surface area contributed by atoms with Crippen LogP contribution in [0.2, 0.25) is 0 Å². The zero-order chi connectivity index (χ0) is 22.2. The summed E-state index contributed by atoms with van der Waals surface area (Å²) in [5.74, 6) is 1.51. The molecule has 1 aromatic carbocycles. The van der Waals surface area contributed by atoms with Crippen molar-refractivity contribution in [1.29, 1.82) is 0 Å². The number of imidazole rings is 1. The minimum atomic E-state index is -4.37. The molecule has 31 heavy (non-hydrogen) atoms. The van der Waals surface area contributed by atoms with Crippen LogP contribution in [-0.4, -0.2) is 28.2 Å². The average Bonchev–Trinajstić information content (AvgIpc) is 3.14.